The first kappa shape index (κ1) is 12.9. The van der Waals surface area contributed by atoms with Gasteiger partial charge in [0.15, 0.2) is 0 Å². The van der Waals surface area contributed by atoms with Crippen LogP contribution in [0.5, 0.6) is 0 Å². The molecule has 0 saturated carbocycles. The number of rotatable bonds is 5. The minimum atomic E-state index is 0.246. The zero-order chi connectivity index (χ0) is 11.3. The Bertz CT molecular complexity index is 174. The van der Waals surface area contributed by atoms with E-state index in [9.17, 15) is 0 Å². The summed E-state index contributed by atoms with van der Waals surface area (Å²) in [7, 11) is 0. The Morgan fingerprint density at radius 2 is 2.13 bits per heavy atom. The Labute approximate surface area is 94.4 Å². The highest BCUT2D eigenvalue weighted by Gasteiger charge is 2.21. The van der Waals surface area contributed by atoms with E-state index < -0.39 is 0 Å². The second-order valence-corrected chi connectivity index (χ2v) is 5.71. The second kappa shape index (κ2) is 5.83. The summed E-state index contributed by atoms with van der Waals surface area (Å²) < 4.78 is 0. The van der Waals surface area contributed by atoms with Gasteiger partial charge >= 0.3 is 0 Å². The smallest absolute Gasteiger partial charge is 0.0107 e. The minimum Gasteiger partial charge on any atom is -0.330 e. The van der Waals surface area contributed by atoms with Gasteiger partial charge in [-0.15, -0.1) is 0 Å². The van der Waals surface area contributed by atoms with E-state index >= 15 is 0 Å². The number of likely N-dealkylation sites (tertiary alicyclic amines) is 1. The van der Waals surface area contributed by atoms with Gasteiger partial charge in [0.1, 0.15) is 0 Å². The fourth-order valence-electron chi connectivity index (χ4n) is 2.18. The summed E-state index contributed by atoms with van der Waals surface area (Å²) in [6, 6.07) is 0. The summed E-state index contributed by atoms with van der Waals surface area (Å²) in [6.07, 6.45) is 2.54. The third kappa shape index (κ3) is 5.50. The first-order chi connectivity index (χ1) is 7.01. The molecule has 0 bridgehead atoms. The van der Waals surface area contributed by atoms with Gasteiger partial charge in [-0.2, -0.15) is 0 Å². The predicted molar refractivity (Wildman–Crippen MR) is 66.0 cm³/mol. The van der Waals surface area contributed by atoms with Crippen molar-refractivity contribution >= 4 is 0 Å². The van der Waals surface area contributed by atoms with Crippen molar-refractivity contribution in [3.8, 4) is 0 Å². The minimum absolute atomic E-state index is 0.246. The van der Waals surface area contributed by atoms with Crippen LogP contribution in [0.15, 0.2) is 0 Å². The van der Waals surface area contributed by atoms with Gasteiger partial charge < -0.3 is 16.0 Å². The summed E-state index contributed by atoms with van der Waals surface area (Å²) >= 11 is 0. The fraction of sp³-hybridized carbons (Fsp3) is 1.00. The lowest BCUT2D eigenvalue weighted by Crippen LogP contribution is -2.41. The van der Waals surface area contributed by atoms with E-state index in [-0.39, 0.29) is 5.54 Å². The van der Waals surface area contributed by atoms with Crippen molar-refractivity contribution in [3.05, 3.63) is 0 Å². The fourth-order valence-corrected chi connectivity index (χ4v) is 2.18. The number of nitrogens with one attached hydrogen (secondary N) is 1. The van der Waals surface area contributed by atoms with Gasteiger partial charge in [-0.1, -0.05) is 0 Å². The van der Waals surface area contributed by atoms with Crippen molar-refractivity contribution in [2.24, 2.45) is 11.7 Å². The van der Waals surface area contributed by atoms with Gasteiger partial charge in [0, 0.05) is 25.2 Å². The van der Waals surface area contributed by atoms with E-state index in [1.54, 1.807) is 0 Å². The van der Waals surface area contributed by atoms with Gasteiger partial charge in [-0.3, -0.25) is 0 Å². The van der Waals surface area contributed by atoms with Crippen LogP contribution in [0, 0.1) is 5.92 Å². The van der Waals surface area contributed by atoms with Crippen LogP contribution in [0.2, 0.25) is 0 Å². The maximum absolute atomic E-state index is 5.58. The molecule has 3 nitrogen and oxygen atoms in total. The Kier molecular flexibility index (Phi) is 5.03. The third-order valence-corrected chi connectivity index (χ3v) is 3.03. The van der Waals surface area contributed by atoms with Crippen LogP contribution < -0.4 is 11.1 Å². The predicted octanol–water partition coefficient (Wildman–Crippen LogP) is 1.05. The van der Waals surface area contributed by atoms with Crippen molar-refractivity contribution in [1.29, 1.82) is 0 Å². The average Bonchev–Trinajstić information content (AvgIpc) is 2.51. The average molecular weight is 213 g/mol. The summed E-state index contributed by atoms with van der Waals surface area (Å²) in [5.41, 5.74) is 5.83. The Balaban J connectivity index is 2.09. The molecule has 0 spiro atoms. The molecule has 3 heteroatoms. The lowest BCUT2D eigenvalue weighted by Gasteiger charge is -2.23. The standard InChI is InChI=1S/C12H27N3/c1-12(2,3)14-7-9-15-8-5-11(10-15)4-6-13/h11,14H,4-10,13H2,1-3H3. The summed E-state index contributed by atoms with van der Waals surface area (Å²) in [6.45, 7) is 12.3. The lowest BCUT2D eigenvalue weighted by atomic mass is 10.1. The molecule has 0 aromatic carbocycles. The molecule has 0 aromatic heterocycles. The molecule has 1 aliphatic rings. The largest absolute Gasteiger partial charge is 0.330 e. The Morgan fingerprint density at radius 3 is 2.73 bits per heavy atom. The van der Waals surface area contributed by atoms with Crippen LogP contribution in [0.4, 0.5) is 0 Å². The molecule has 0 aliphatic carbocycles. The second-order valence-electron chi connectivity index (χ2n) is 5.71. The maximum Gasteiger partial charge on any atom is 0.0107 e. The number of hydrogen-bond donors (Lipinski definition) is 2. The molecule has 1 rings (SSSR count). The molecule has 90 valence electrons. The van der Waals surface area contributed by atoms with E-state index in [1.807, 2.05) is 0 Å². The number of hydrogen-bond acceptors (Lipinski definition) is 3. The first-order valence-electron chi connectivity index (χ1n) is 6.19. The molecule has 1 aliphatic heterocycles. The van der Waals surface area contributed by atoms with Gasteiger partial charge in [0.2, 0.25) is 0 Å². The zero-order valence-electron chi connectivity index (χ0n) is 10.6. The van der Waals surface area contributed by atoms with Gasteiger partial charge in [-0.25, -0.2) is 0 Å². The normalized spacial score (nSPS) is 23.6. The van der Waals surface area contributed by atoms with E-state index in [2.05, 4.69) is 31.0 Å². The van der Waals surface area contributed by atoms with Crippen LogP contribution in [0.3, 0.4) is 0 Å². The van der Waals surface area contributed by atoms with Crippen molar-refractivity contribution in [1.82, 2.24) is 10.2 Å². The monoisotopic (exact) mass is 213 g/mol. The lowest BCUT2D eigenvalue weighted by molar-refractivity contribution is 0.300. The molecular formula is C12H27N3. The van der Waals surface area contributed by atoms with Gasteiger partial charge in [-0.05, 0) is 52.6 Å². The summed E-state index contributed by atoms with van der Waals surface area (Å²) in [5.74, 6) is 0.852. The van der Waals surface area contributed by atoms with Crippen molar-refractivity contribution in [3.63, 3.8) is 0 Å². The molecule has 3 N–H and O–H groups in total. The summed E-state index contributed by atoms with van der Waals surface area (Å²) in [4.78, 5) is 2.55. The molecule has 1 atom stereocenters. The molecule has 1 fully saturated rings. The van der Waals surface area contributed by atoms with Crippen LogP contribution in [0.1, 0.15) is 33.6 Å². The highest BCUT2D eigenvalue weighted by atomic mass is 15.2. The molecule has 0 radical (unpaired) electrons. The first-order valence-corrected chi connectivity index (χ1v) is 6.19. The van der Waals surface area contributed by atoms with E-state index in [0.29, 0.717) is 0 Å². The van der Waals surface area contributed by atoms with Gasteiger partial charge in [0.25, 0.3) is 0 Å². The quantitative estimate of drug-likeness (QED) is 0.717. The zero-order valence-corrected chi connectivity index (χ0v) is 10.6. The third-order valence-electron chi connectivity index (χ3n) is 3.03. The highest BCUT2D eigenvalue weighted by molar-refractivity contribution is 4.77. The Hall–Kier alpha value is -0.120. The van der Waals surface area contributed by atoms with Gasteiger partial charge in [0.05, 0.1) is 0 Å². The molecule has 0 amide bonds. The molecule has 1 saturated heterocycles. The van der Waals surface area contributed by atoms with E-state index in [4.69, 9.17) is 5.73 Å². The SMILES string of the molecule is CC(C)(C)NCCN1CCC(CCN)C1. The molecular weight excluding hydrogens is 186 g/mol. The number of nitrogens with zero attached hydrogens (tertiary/aromatic N) is 1. The van der Waals surface area contributed by atoms with Crippen LogP contribution in [-0.4, -0.2) is 43.2 Å². The van der Waals surface area contributed by atoms with Crippen molar-refractivity contribution in [2.75, 3.05) is 32.7 Å². The molecule has 15 heavy (non-hydrogen) atoms. The van der Waals surface area contributed by atoms with Crippen LogP contribution in [0.25, 0.3) is 0 Å². The molecule has 0 aromatic rings. The Morgan fingerprint density at radius 1 is 1.40 bits per heavy atom. The van der Waals surface area contributed by atoms with E-state index in [0.717, 1.165) is 19.0 Å². The highest BCUT2D eigenvalue weighted by Crippen LogP contribution is 2.18. The van der Waals surface area contributed by atoms with E-state index in [1.165, 1.54) is 32.5 Å². The maximum atomic E-state index is 5.58. The number of nitrogens with two attached hydrogens (primary N) is 1. The van der Waals surface area contributed by atoms with Crippen LogP contribution >= 0.6 is 0 Å². The molecule has 1 unspecified atom stereocenters. The van der Waals surface area contributed by atoms with Crippen molar-refractivity contribution < 1.29 is 0 Å². The van der Waals surface area contributed by atoms with Crippen molar-refractivity contribution in [2.45, 2.75) is 39.2 Å². The summed E-state index contributed by atoms with van der Waals surface area (Å²) in [5, 5.41) is 3.53. The topological polar surface area (TPSA) is 41.3 Å². The van der Waals surface area contributed by atoms with Crippen LogP contribution in [-0.2, 0) is 0 Å². The molecule has 1 heterocycles.